The summed E-state index contributed by atoms with van der Waals surface area (Å²) in [5.41, 5.74) is 0. The fourth-order valence-electron chi connectivity index (χ4n) is 7.60. The van der Waals surface area contributed by atoms with E-state index in [1.165, 1.54) is 122 Å². The minimum atomic E-state index is -4.30. The molecule has 0 saturated heterocycles. The highest BCUT2D eigenvalue weighted by Gasteiger charge is 2.28. The number of nitrogens with one attached hydrogen (secondary N) is 1. The molecular weight excluding hydrogens is 816 g/mol. The number of nitrogens with zero attached hydrogens (tertiary/aromatic N) is 1. The molecule has 0 aromatic carbocycles. The highest BCUT2D eigenvalue weighted by molar-refractivity contribution is 7.47. The van der Waals surface area contributed by atoms with Crippen LogP contribution in [0.15, 0.2) is 60.8 Å². The third-order valence-electron chi connectivity index (χ3n) is 11.8. The van der Waals surface area contributed by atoms with E-state index in [-0.39, 0.29) is 19.1 Å². The van der Waals surface area contributed by atoms with Crippen molar-refractivity contribution in [2.24, 2.45) is 0 Å². The molecule has 64 heavy (non-hydrogen) atoms. The number of carbonyl (C=O) groups excluding carboxylic acids is 1. The molecular formula is C55H104N2O6P+. The lowest BCUT2D eigenvalue weighted by molar-refractivity contribution is -0.870. The van der Waals surface area contributed by atoms with Gasteiger partial charge in [-0.05, 0) is 57.8 Å². The van der Waals surface area contributed by atoms with Crippen LogP contribution in [0.4, 0.5) is 0 Å². The average molecular weight is 920 g/mol. The van der Waals surface area contributed by atoms with E-state index in [4.69, 9.17) is 9.05 Å². The zero-order valence-electron chi connectivity index (χ0n) is 42.5. The fourth-order valence-corrected chi connectivity index (χ4v) is 8.34. The van der Waals surface area contributed by atoms with Crippen molar-refractivity contribution in [2.75, 3.05) is 40.9 Å². The Kier molecular flexibility index (Phi) is 45.0. The predicted molar refractivity (Wildman–Crippen MR) is 277 cm³/mol. The number of carbonyl (C=O) groups is 1. The Morgan fingerprint density at radius 2 is 0.938 bits per heavy atom. The summed E-state index contributed by atoms with van der Waals surface area (Å²) in [7, 11) is 1.61. The van der Waals surface area contributed by atoms with E-state index in [2.05, 4.69) is 79.9 Å². The number of hydrogen-bond donors (Lipinski definition) is 3. The second kappa shape index (κ2) is 46.3. The van der Waals surface area contributed by atoms with Gasteiger partial charge in [0, 0.05) is 6.42 Å². The molecule has 1 amide bonds. The Bertz CT molecular complexity index is 1230. The lowest BCUT2D eigenvalue weighted by Crippen LogP contribution is -2.46. The zero-order valence-corrected chi connectivity index (χ0v) is 43.4. The van der Waals surface area contributed by atoms with Gasteiger partial charge in [0.15, 0.2) is 0 Å². The normalized spacial score (nSPS) is 14.5. The summed E-state index contributed by atoms with van der Waals surface area (Å²) in [6.07, 6.45) is 62.0. The van der Waals surface area contributed by atoms with E-state index in [1.54, 1.807) is 0 Å². The van der Waals surface area contributed by atoms with Crippen molar-refractivity contribution in [1.82, 2.24) is 5.32 Å². The number of amides is 1. The first kappa shape index (κ1) is 62.2. The number of aliphatic hydroxyl groups is 1. The van der Waals surface area contributed by atoms with Crippen molar-refractivity contribution < 1.29 is 32.9 Å². The molecule has 0 fully saturated rings. The summed E-state index contributed by atoms with van der Waals surface area (Å²) in [4.78, 5) is 23.0. The van der Waals surface area contributed by atoms with Crippen LogP contribution in [0.1, 0.15) is 232 Å². The molecule has 8 nitrogen and oxygen atoms in total. The van der Waals surface area contributed by atoms with Crippen LogP contribution in [-0.2, 0) is 18.4 Å². The number of phosphoric acid groups is 1. The largest absolute Gasteiger partial charge is 0.472 e. The van der Waals surface area contributed by atoms with Crippen molar-refractivity contribution in [3.8, 4) is 0 Å². The SMILES string of the molecule is CC/C=C\C/C=C\C/C=C\C/C=C\C/C=C\CCCCCCCCCCCCCCCCCCCCCCCC(=O)NC(COP(=O)(O)OCC[N+](C)(C)C)C(O)CCCCCCC. The van der Waals surface area contributed by atoms with Crippen molar-refractivity contribution in [3.05, 3.63) is 60.8 Å². The van der Waals surface area contributed by atoms with Crippen LogP contribution in [0.5, 0.6) is 0 Å². The van der Waals surface area contributed by atoms with E-state index in [0.717, 1.165) is 83.5 Å². The number of rotatable bonds is 48. The summed E-state index contributed by atoms with van der Waals surface area (Å²) in [5, 5.41) is 13.8. The van der Waals surface area contributed by atoms with E-state index in [0.29, 0.717) is 23.9 Å². The standard InChI is InChI=1S/C55H103N2O6P/c1-6-8-10-12-13-14-15-16-17-18-19-20-21-22-23-24-25-26-27-28-29-30-31-32-33-34-35-36-37-38-39-40-41-42-43-45-47-49-55(59)56-53(54(58)48-46-44-11-9-7-2)52-63-64(60,61)62-51-50-57(3,4)5/h8,10,13-14,16-17,19-20,22-23,53-54,58H,6-7,9,11-12,15,18,21,24-52H2,1-5H3,(H-,56,59,60,61)/p+1/b10-8-,14-13-,17-16-,20-19-,23-22-. The van der Waals surface area contributed by atoms with Crippen LogP contribution in [-0.4, -0.2) is 73.4 Å². The number of likely N-dealkylation sites (N-methyl/N-ethyl adjacent to an activating group) is 1. The topological polar surface area (TPSA) is 105 Å². The van der Waals surface area contributed by atoms with Crippen LogP contribution in [0, 0.1) is 0 Å². The highest BCUT2D eigenvalue weighted by atomic mass is 31.2. The lowest BCUT2D eigenvalue weighted by Gasteiger charge is -2.26. The van der Waals surface area contributed by atoms with Gasteiger partial charge in [0.1, 0.15) is 13.2 Å². The molecule has 0 bridgehead atoms. The summed E-state index contributed by atoms with van der Waals surface area (Å²) in [6, 6.07) is -0.756. The Morgan fingerprint density at radius 3 is 1.38 bits per heavy atom. The van der Waals surface area contributed by atoms with Gasteiger partial charge in [-0.15, -0.1) is 0 Å². The smallest absolute Gasteiger partial charge is 0.391 e. The van der Waals surface area contributed by atoms with Crippen molar-refractivity contribution in [3.63, 3.8) is 0 Å². The van der Waals surface area contributed by atoms with Gasteiger partial charge in [-0.2, -0.15) is 0 Å². The lowest BCUT2D eigenvalue weighted by atomic mass is 10.0. The Morgan fingerprint density at radius 1 is 0.547 bits per heavy atom. The number of quaternary nitrogens is 1. The molecule has 0 radical (unpaired) electrons. The maximum Gasteiger partial charge on any atom is 0.472 e. The van der Waals surface area contributed by atoms with Gasteiger partial charge in [0.05, 0.1) is 39.9 Å². The van der Waals surface area contributed by atoms with Crippen LogP contribution < -0.4 is 5.32 Å². The van der Waals surface area contributed by atoms with Crippen molar-refractivity contribution in [2.45, 2.75) is 244 Å². The van der Waals surface area contributed by atoms with E-state index < -0.39 is 20.0 Å². The van der Waals surface area contributed by atoms with Gasteiger partial charge in [-0.3, -0.25) is 13.8 Å². The third-order valence-corrected chi connectivity index (χ3v) is 12.8. The average Bonchev–Trinajstić information content (AvgIpc) is 3.25. The molecule has 3 unspecified atom stereocenters. The second-order valence-electron chi connectivity index (χ2n) is 19.2. The quantitative estimate of drug-likeness (QED) is 0.0243. The second-order valence-corrected chi connectivity index (χ2v) is 20.7. The molecule has 0 saturated carbocycles. The zero-order chi connectivity index (χ0) is 47.1. The predicted octanol–water partition coefficient (Wildman–Crippen LogP) is 15.8. The number of unbranched alkanes of at least 4 members (excludes halogenated alkanes) is 25. The van der Waals surface area contributed by atoms with Gasteiger partial charge in [-0.1, -0.05) is 229 Å². The molecule has 0 aromatic rings. The Balaban J connectivity index is 3.74. The van der Waals surface area contributed by atoms with Gasteiger partial charge in [0.25, 0.3) is 0 Å². The van der Waals surface area contributed by atoms with Crippen LogP contribution in [0.25, 0.3) is 0 Å². The van der Waals surface area contributed by atoms with E-state index in [9.17, 15) is 19.4 Å². The number of phosphoric ester groups is 1. The van der Waals surface area contributed by atoms with Gasteiger partial charge in [0.2, 0.25) is 5.91 Å². The van der Waals surface area contributed by atoms with Crippen molar-refractivity contribution >= 4 is 13.7 Å². The summed E-state index contributed by atoms with van der Waals surface area (Å²) in [5.74, 6) is -0.150. The highest BCUT2D eigenvalue weighted by Crippen LogP contribution is 2.43. The van der Waals surface area contributed by atoms with E-state index >= 15 is 0 Å². The van der Waals surface area contributed by atoms with Crippen LogP contribution >= 0.6 is 7.82 Å². The summed E-state index contributed by atoms with van der Waals surface area (Å²) in [6.45, 7) is 4.69. The molecule has 3 atom stereocenters. The van der Waals surface area contributed by atoms with Gasteiger partial charge >= 0.3 is 7.82 Å². The van der Waals surface area contributed by atoms with E-state index in [1.807, 2.05) is 21.1 Å². The van der Waals surface area contributed by atoms with Crippen molar-refractivity contribution in [1.29, 1.82) is 0 Å². The maximum atomic E-state index is 12.8. The molecule has 0 aliphatic rings. The monoisotopic (exact) mass is 920 g/mol. The Hall–Kier alpha value is -1.80. The number of hydrogen-bond acceptors (Lipinski definition) is 5. The summed E-state index contributed by atoms with van der Waals surface area (Å²) >= 11 is 0. The molecule has 9 heteroatoms. The first-order valence-corrected chi connectivity index (χ1v) is 28.1. The third kappa shape index (κ3) is 48.1. The minimum Gasteiger partial charge on any atom is -0.391 e. The molecule has 0 aliphatic carbocycles. The molecule has 0 spiro atoms. The first-order chi connectivity index (χ1) is 31.0. The molecule has 0 aromatic heterocycles. The first-order valence-electron chi connectivity index (χ1n) is 26.7. The maximum absolute atomic E-state index is 12.8. The molecule has 0 heterocycles. The Labute approximate surface area is 396 Å². The molecule has 0 rings (SSSR count). The van der Waals surface area contributed by atoms with Gasteiger partial charge in [-0.25, -0.2) is 4.57 Å². The molecule has 0 aliphatic heterocycles. The fraction of sp³-hybridized carbons (Fsp3) is 0.800. The van der Waals surface area contributed by atoms with Gasteiger partial charge < -0.3 is 19.8 Å². The summed E-state index contributed by atoms with van der Waals surface area (Å²) < 4.78 is 23.5. The van der Waals surface area contributed by atoms with Crippen LogP contribution in [0.3, 0.4) is 0 Å². The number of allylic oxidation sites excluding steroid dienone is 10. The molecule has 3 N–H and O–H groups in total. The molecule has 374 valence electrons. The number of aliphatic hydroxyl groups excluding tert-OH is 1. The van der Waals surface area contributed by atoms with Crippen LogP contribution in [0.2, 0.25) is 0 Å². The minimum absolute atomic E-state index is 0.0739.